The number of thioether (sulfide) groups is 1. The van der Waals surface area contributed by atoms with Gasteiger partial charge in [0.1, 0.15) is 0 Å². The minimum Gasteiger partial charge on any atom is -0.410 e. The lowest BCUT2D eigenvalue weighted by atomic mass is 10.3. The van der Waals surface area contributed by atoms with Gasteiger partial charge in [0.15, 0.2) is 0 Å². The smallest absolute Gasteiger partial charge is 0.276 e. The van der Waals surface area contributed by atoms with E-state index in [4.69, 9.17) is 4.42 Å². The summed E-state index contributed by atoms with van der Waals surface area (Å²) in [6.07, 6.45) is 2.70. The van der Waals surface area contributed by atoms with Crippen LogP contribution in [0.3, 0.4) is 0 Å². The maximum absolute atomic E-state index is 5.60. The number of thiophene rings is 1. The van der Waals surface area contributed by atoms with Crippen LogP contribution in [0.4, 0.5) is 0 Å². The molecule has 0 unspecified atom stereocenters. The highest BCUT2D eigenvalue weighted by atomic mass is 32.2. The fourth-order valence-corrected chi connectivity index (χ4v) is 2.92. The number of hydrogen-bond acceptors (Lipinski definition) is 6. The summed E-state index contributed by atoms with van der Waals surface area (Å²) in [5.74, 6) is 1.47. The lowest BCUT2D eigenvalue weighted by molar-refractivity contribution is 0.467. The predicted octanol–water partition coefficient (Wildman–Crippen LogP) is 3.53. The van der Waals surface area contributed by atoms with Crippen LogP contribution < -0.4 is 0 Å². The largest absolute Gasteiger partial charge is 0.410 e. The molecule has 19 heavy (non-hydrogen) atoms. The summed E-state index contributed by atoms with van der Waals surface area (Å²) >= 11 is 3.15. The van der Waals surface area contributed by atoms with Crippen LogP contribution in [0.1, 0.15) is 5.69 Å². The molecule has 0 saturated heterocycles. The summed E-state index contributed by atoms with van der Waals surface area (Å²) in [6, 6.07) is 9.88. The molecule has 3 aromatic rings. The second kappa shape index (κ2) is 5.99. The van der Waals surface area contributed by atoms with E-state index < -0.39 is 0 Å². The number of nitrogens with zero attached hydrogens (tertiary/aromatic N) is 3. The molecule has 0 atom stereocenters. The monoisotopic (exact) mass is 289 g/mol. The van der Waals surface area contributed by atoms with Crippen LogP contribution in [0.2, 0.25) is 0 Å². The molecule has 3 rings (SSSR count). The van der Waals surface area contributed by atoms with Crippen molar-refractivity contribution in [2.45, 2.75) is 11.6 Å². The fraction of sp³-hybridized carbons (Fsp3) is 0.154. The molecule has 3 aromatic heterocycles. The van der Waals surface area contributed by atoms with Gasteiger partial charge in [0.2, 0.25) is 0 Å². The summed E-state index contributed by atoms with van der Waals surface area (Å²) in [5.41, 5.74) is 1.08. The third-order valence-corrected chi connectivity index (χ3v) is 4.13. The van der Waals surface area contributed by atoms with Crippen molar-refractivity contribution in [2.24, 2.45) is 0 Å². The molecule has 0 amide bonds. The van der Waals surface area contributed by atoms with Gasteiger partial charge >= 0.3 is 0 Å². The summed E-state index contributed by atoms with van der Waals surface area (Å²) in [4.78, 5) is 5.28. The summed E-state index contributed by atoms with van der Waals surface area (Å²) < 4.78 is 5.60. The quantitative estimate of drug-likeness (QED) is 0.673. The van der Waals surface area contributed by atoms with E-state index in [0.717, 1.165) is 22.7 Å². The van der Waals surface area contributed by atoms with Gasteiger partial charge in [-0.15, -0.1) is 21.5 Å². The van der Waals surface area contributed by atoms with Crippen molar-refractivity contribution in [3.8, 4) is 10.8 Å². The first-order valence-electron chi connectivity index (χ1n) is 5.82. The van der Waals surface area contributed by atoms with Crippen LogP contribution in [-0.4, -0.2) is 20.9 Å². The van der Waals surface area contributed by atoms with E-state index in [9.17, 15) is 0 Å². The molecule has 6 heteroatoms. The van der Waals surface area contributed by atoms with E-state index in [0.29, 0.717) is 11.1 Å². The molecule has 96 valence electrons. The van der Waals surface area contributed by atoms with E-state index in [1.54, 1.807) is 23.1 Å². The van der Waals surface area contributed by atoms with Gasteiger partial charge in [0.05, 0.1) is 4.88 Å². The van der Waals surface area contributed by atoms with Gasteiger partial charge in [-0.05, 0) is 30.0 Å². The minimum absolute atomic E-state index is 0.593. The highest BCUT2D eigenvalue weighted by Crippen LogP contribution is 2.26. The Labute approximate surface area is 118 Å². The molecule has 0 radical (unpaired) electrons. The van der Waals surface area contributed by atoms with Crippen LogP contribution in [-0.2, 0) is 6.42 Å². The molecule has 4 nitrogen and oxygen atoms in total. The van der Waals surface area contributed by atoms with Crippen LogP contribution >= 0.6 is 23.1 Å². The minimum atomic E-state index is 0.593. The van der Waals surface area contributed by atoms with Crippen molar-refractivity contribution >= 4 is 23.1 Å². The number of hydrogen-bond donors (Lipinski definition) is 0. The van der Waals surface area contributed by atoms with E-state index in [1.807, 2.05) is 41.9 Å². The lowest BCUT2D eigenvalue weighted by Gasteiger charge is -1.97. The van der Waals surface area contributed by atoms with Gasteiger partial charge in [-0.2, -0.15) is 0 Å². The highest BCUT2D eigenvalue weighted by Gasteiger charge is 2.09. The van der Waals surface area contributed by atoms with E-state index in [2.05, 4.69) is 15.2 Å². The van der Waals surface area contributed by atoms with Gasteiger partial charge in [-0.25, -0.2) is 0 Å². The van der Waals surface area contributed by atoms with Crippen LogP contribution in [0, 0.1) is 0 Å². The maximum atomic E-state index is 5.60. The normalized spacial score (nSPS) is 10.7. The second-order valence-electron chi connectivity index (χ2n) is 3.77. The lowest BCUT2D eigenvalue weighted by Crippen LogP contribution is -1.91. The van der Waals surface area contributed by atoms with E-state index >= 15 is 0 Å². The zero-order chi connectivity index (χ0) is 12.9. The maximum Gasteiger partial charge on any atom is 0.276 e. The third kappa shape index (κ3) is 3.21. The highest BCUT2D eigenvalue weighted by molar-refractivity contribution is 7.99. The molecule has 0 aliphatic heterocycles. The van der Waals surface area contributed by atoms with E-state index in [1.165, 1.54) is 0 Å². The molecule has 0 N–H and O–H groups in total. The van der Waals surface area contributed by atoms with Crippen molar-refractivity contribution < 1.29 is 4.42 Å². The molecule has 0 aliphatic rings. The van der Waals surface area contributed by atoms with Crippen LogP contribution in [0.25, 0.3) is 10.8 Å². The SMILES string of the molecule is c1ccc(CCSc2nnc(-c3cccs3)o2)nc1. The second-order valence-corrected chi connectivity index (χ2v) is 5.76. The Balaban J connectivity index is 1.56. The van der Waals surface area contributed by atoms with Crippen LogP contribution in [0.15, 0.2) is 51.5 Å². The Morgan fingerprint density at radius 2 is 2.16 bits per heavy atom. The Hall–Kier alpha value is -1.66. The van der Waals surface area contributed by atoms with Gasteiger partial charge in [-0.1, -0.05) is 23.9 Å². The number of aromatic nitrogens is 3. The molecule has 0 spiro atoms. The Morgan fingerprint density at radius 3 is 2.95 bits per heavy atom. The summed E-state index contributed by atoms with van der Waals surface area (Å²) in [7, 11) is 0. The van der Waals surface area contributed by atoms with E-state index in [-0.39, 0.29) is 0 Å². The average Bonchev–Trinajstić information content (AvgIpc) is 3.10. The Morgan fingerprint density at radius 1 is 1.16 bits per heavy atom. The van der Waals surface area contributed by atoms with Gasteiger partial charge in [0.25, 0.3) is 11.1 Å². The summed E-state index contributed by atoms with van der Waals surface area (Å²) in [5, 5.41) is 10.7. The van der Waals surface area contributed by atoms with Crippen molar-refractivity contribution in [3.63, 3.8) is 0 Å². The van der Waals surface area contributed by atoms with Crippen molar-refractivity contribution in [2.75, 3.05) is 5.75 Å². The van der Waals surface area contributed by atoms with Gasteiger partial charge < -0.3 is 4.42 Å². The molecule has 3 heterocycles. The predicted molar refractivity (Wildman–Crippen MR) is 76.3 cm³/mol. The Bertz CT molecular complexity index is 622. The third-order valence-electron chi connectivity index (χ3n) is 2.45. The molecular formula is C13H11N3OS2. The average molecular weight is 289 g/mol. The molecule has 0 saturated carbocycles. The first-order valence-corrected chi connectivity index (χ1v) is 7.68. The first-order chi connectivity index (χ1) is 9.42. The summed E-state index contributed by atoms with van der Waals surface area (Å²) in [6.45, 7) is 0. The van der Waals surface area contributed by atoms with Crippen molar-refractivity contribution in [1.82, 2.24) is 15.2 Å². The van der Waals surface area contributed by atoms with Crippen molar-refractivity contribution in [1.29, 1.82) is 0 Å². The fourth-order valence-electron chi connectivity index (χ4n) is 1.56. The zero-order valence-electron chi connectivity index (χ0n) is 10.0. The topological polar surface area (TPSA) is 51.8 Å². The molecule has 0 aliphatic carbocycles. The zero-order valence-corrected chi connectivity index (χ0v) is 11.7. The molecule has 0 bridgehead atoms. The number of rotatable bonds is 5. The molecule has 0 aromatic carbocycles. The van der Waals surface area contributed by atoms with Crippen LogP contribution in [0.5, 0.6) is 0 Å². The first kappa shape index (κ1) is 12.4. The number of pyridine rings is 1. The van der Waals surface area contributed by atoms with Gasteiger partial charge in [0, 0.05) is 17.6 Å². The van der Waals surface area contributed by atoms with Gasteiger partial charge in [-0.3, -0.25) is 4.98 Å². The number of aryl methyl sites for hydroxylation is 1. The molecular weight excluding hydrogens is 278 g/mol. The molecule has 0 fully saturated rings. The van der Waals surface area contributed by atoms with Crippen molar-refractivity contribution in [3.05, 3.63) is 47.6 Å². The Kier molecular flexibility index (Phi) is 3.90. The standard InChI is InChI=1S/C13H11N3OS2/c1-2-7-14-10(4-1)6-9-19-13-16-15-12(17-13)11-5-3-8-18-11/h1-5,7-8H,6,9H2.